The van der Waals surface area contributed by atoms with E-state index in [1.165, 1.54) is 18.4 Å². The predicted molar refractivity (Wildman–Crippen MR) is 109 cm³/mol. The molecule has 1 N–H and O–H groups in total. The number of Topliss-reactive ketones (excluding diaryl/α,β-unsaturated/α-hetero) is 1. The van der Waals surface area contributed by atoms with Crippen molar-refractivity contribution in [2.24, 2.45) is 0 Å². The van der Waals surface area contributed by atoms with E-state index >= 15 is 0 Å². The summed E-state index contributed by atoms with van der Waals surface area (Å²) in [5.41, 5.74) is 4.00. The van der Waals surface area contributed by atoms with Crippen LogP contribution in [0.1, 0.15) is 55.5 Å². The van der Waals surface area contributed by atoms with Gasteiger partial charge in [-0.1, -0.05) is 29.8 Å². The van der Waals surface area contributed by atoms with E-state index in [0.29, 0.717) is 23.9 Å². The zero-order valence-electron chi connectivity index (χ0n) is 16.7. The maximum Gasteiger partial charge on any atom is 0.227 e. The van der Waals surface area contributed by atoms with Gasteiger partial charge in [0.1, 0.15) is 11.5 Å². The van der Waals surface area contributed by atoms with Gasteiger partial charge in [-0.15, -0.1) is 0 Å². The van der Waals surface area contributed by atoms with Gasteiger partial charge in [0.2, 0.25) is 11.8 Å². The molecule has 1 heterocycles. The van der Waals surface area contributed by atoms with Crippen molar-refractivity contribution in [2.45, 2.75) is 58.8 Å². The van der Waals surface area contributed by atoms with E-state index in [2.05, 4.69) is 16.4 Å². The summed E-state index contributed by atoms with van der Waals surface area (Å²) in [6.45, 7) is 4.39. The summed E-state index contributed by atoms with van der Waals surface area (Å²) in [5.74, 6) is 0.767. The largest absolute Gasteiger partial charge is 0.441 e. The Morgan fingerprint density at radius 3 is 2.75 bits per heavy atom. The molecule has 1 amide bonds. The number of benzene rings is 1. The third kappa shape index (κ3) is 5.41. The molecule has 5 nitrogen and oxygen atoms in total. The molecular weight excluding hydrogens is 352 g/mol. The number of carbonyl (C=O) groups is 2. The van der Waals surface area contributed by atoms with Crippen LogP contribution in [0.4, 0.5) is 0 Å². The second kappa shape index (κ2) is 9.49. The Labute approximate surface area is 166 Å². The fourth-order valence-electron chi connectivity index (χ4n) is 3.51. The number of rotatable bonds is 8. The standard InChI is InChI=1S/C23H28N2O3/c1-16-8-6-7-11-20(16)23-25-21(17(2)28-23)14-19(26)15-22(27)24-13-12-18-9-4-3-5-10-18/h6-9,11H,3-5,10,12-15H2,1-2H3,(H,24,27). The topological polar surface area (TPSA) is 72.2 Å². The maximum atomic E-state index is 12.3. The Balaban J connectivity index is 1.50. The first-order valence-corrected chi connectivity index (χ1v) is 10.0. The van der Waals surface area contributed by atoms with Gasteiger partial charge in [0.05, 0.1) is 18.5 Å². The van der Waals surface area contributed by atoms with Crippen molar-refractivity contribution in [3.05, 3.63) is 52.9 Å². The first-order valence-electron chi connectivity index (χ1n) is 10.0. The number of carbonyl (C=O) groups excluding carboxylic acids is 2. The van der Waals surface area contributed by atoms with Crippen molar-refractivity contribution in [3.8, 4) is 11.5 Å². The molecule has 3 rings (SSSR count). The van der Waals surface area contributed by atoms with Crippen LogP contribution in [-0.2, 0) is 16.0 Å². The van der Waals surface area contributed by atoms with Gasteiger partial charge >= 0.3 is 0 Å². The molecule has 0 aliphatic heterocycles. The summed E-state index contributed by atoms with van der Waals surface area (Å²) in [4.78, 5) is 28.8. The van der Waals surface area contributed by atoms with Crippen molar-refractivity contribution in [3.63, 3.8) is 0 Å². The normalized spacial score (nSPS) is 13.9. The third-order valence-electron chi connectivity index (χ3n) is 5.14. The molecule has 0 fully saturated rings. The number of allylic oxidation sites excluding steroid dienone is 1. The smallest absolute Gasteiger partial charge is 0.227 e. The summed E-state index contributed by atoms with van der Waals surface area (Å²) >= 11 is 0. The maximum absolute atomic E-state index is 12.3. The lowest BCUT2D eigenvalue weighted by Crippen LogP contribution is -2.27. The monoisotopic (exact) mass is 380 g/mol. The lowest BCUT2D eigenvalue weighted by molar-refractivity contribution is -0.127. The lowest BCUT2D eigenvalue weighted by Gasteiger charge is -2.12. The van der Waals surface area contributed by atoms with E-state index in [-0.39, 0.29) is 24.5 Å². The van der Waals surface area contributed by atoms with Gasteiger partial charge in [-0.05, 0) is 57.6 Å². The van der Waals surface area contributed by atoms with Gasteiger partial charge in [-0.25, -0.2) is 4.98 Å². The molecule has 0 radical (unpaired) electrons. The highest BCUT2D eigenvalue weighted by Gasteiger charge is 2.17. The molecule has 0 bridgehead atoms. The van der Waals surface area contributed by atoms with Crippen LogP contribution in [0, 0.1) is 13.8 Å². The van der Waals surface area contributed by atoms with E-state index in [1.54, 1.807) is 6.92 Å². The zero-order chi connectivity index (χ0) is 19.9. The van der Waals surface area contributed by atoms with Gasteiger partial charge in [0, 0.05) is 12.1 Å². The number of oxazole rings is 1. The van der Waals surface area contributed by atoms with Gasteiger partial charge in [-0.2, -0.15) is 0 Å². The Bertz CT molecular complexity index is 880. The Kier molecular flexibility index (Phi) is 6.80. The summed E-state index contributed by atoms with van der Waals surface area (Å²) < 4.78 is 5.75. The molecule has 28 heavy (non-hydrogen) atoms. The number of aromatic nitrogens is 1. The minimum absolute atomic E-state index is 0.111. The van der Waals surface area contributed by atoms with Gasteiger partial charge in [-0.3, -0.25) is 9.59 Å². The number of amides is 1. The number of ketones is 1. The summed E-state index contributed by atoms with van der Waals surface area (Å²) in [5, 5.41) is 2.86. The van der Waals surface area contributed by atoms with Crippen molar-refractivity contribution in [1.82, 2.24) is 10.3 Å². The van der Waals surface area contributed by atoms with Crippen LogP contribution in [0.15, 0.2) is 40.3 Å². The highest BCUT2D eigenvalue weighted by atomic mass is 16.4. The van der Waals surface area contributed by atoms with E-state index < -0.39 is 0 Å². The molecule has 1 aliphatic rings. The number of aryl methyl sites for hydroxylation is 2. The predicted octanol–water partition coefficient (Wildman–Crippen LogP) is 4.47. The molecule has 148 valence electrons. The third-order valence-corrected chi connectivity index (χ3v) is 5.14. The van der Waals surface area contributed by atoms with Crippen LogP contribution < -0.4 is 5.32 Å². The Morgan fingerprint density at radius 2 is 2.00 bits per heavy atom. The van der Waals surface area contributed by atoms with Crippen LogP contribution in [0.5, 0.6) is 0 Å². The Morgan fingerprint density at radius 1 is 1.18 bits per heavy atom. The Hall–Kier alpha value is -2.69. The fraction of sp³-hybridized carbons (Fsp3) is 0.435. The summed E-state index contributed by atoms with van der Waals surface area (Å²) in [6, 6.07) is 7.83. The lowest BCUT2D eigenvalue weighted by atomic mass is 9.97. The molecule has 1 aliphatic carbocycles. The molecule has 0 saturated carbocycles. The second-order valence-corrected chi connectivity index (χ2v) is 7.44. The highest BCUT2D eigenvalue weighted by molar-refractivity contribution is 5.98. The second-order valence-electron chi connectivity index (χ2n) is 7.44. The molecule has 1 aromatic heterocycles. The van der Waals surface area contributed by atoms with Crippen LogP contribution >= 0.6 is 0 Å². The molecule has 2 aromatic rings. The molecule has 0 spiro atoms. The van der Waals surface area contributed by atoms with Gasteiger partial charge in [0.25, 0.3) is 0 Å². The number of hydrogen-bond donors (Lipinski definition) is 1. The van der Waals surface area contributed by atoms with Crippen molar-refractivity contribution in [2.75, 3.05) is 6.54 Å². The van der Waals surface area contributed by atoms with Gasteiger partial charge in [0.15, 0.2) is 0 Å². The van der Waals surface area contributed by atoms with Crippen molar-refractivity contribution in [1.29, 1.82) is 0 Å². The van der Waals surface area contributed by atoms with E-state index in [0.717, 1.165) is 30.4 Å². The van der Waals surface area contributed by atoms with Crippen molar-refractivity contribution < 1.29 is 14.0 Å². The highest BCUT2D eigenvalue weighted by Crippen LogP contribution is 2.25. The molecular formula is C23H28N2O3. The van der Waals surface area contributed by atoms with E-state index in [9.17, 15) is 9.59 Å². The van der Waals surface area contributed by atoms with Crippen molar-refractivity contribution >= 4 is 11.7 Å². The van der Waals surface area contributed by atoms with E-state index in [4.69, 9.17) is 4.42 Å². The molecule has 5 heteroatoms. The summed E-state index contributed by atoms with van der Waals surface area (Å²) in [6.07, 6.45) is 7.91. The quantitative estimate of drug-likeness (QED) is 0.542. The van der Waals surface area contributed by atoms with Crippen LogP contribution in [0.3, 0.4) is 0 Å². The minimum atomic E-state index is -0.221. The SMILES string of the molecule is Cc1ccccc1-c1nc(CC(=O)CC(=O)NCCC2=CCCCC2)c(C)o1. The minimum Gasteiger partial charge on any atom is -0.441 e. The number of hydrogen-bond acceptors (Lipinski definition) is 4. The van der Waals surface area contributed by atoms with Gasteiger partial charge < -0.3 is 9.73 Å². The molecule has 1 aromatic carbocycles. The molecule has 0 atom stereocenters. The summed E-state index contributed by atoms with van der Waals surface area (Å²) in [7, 11) is 0. The first-order chi connectivity index (χ1) is 13.5. The molecule has 0 saturated heterocycles. The molecule has 0 unspecified atom stereocenters. The average molecular weight is 380 g/mol. The average Bonchev–Trinajstić information content (AvgIpc) is 3.03. The zero-order valence-corrected chi connectivity index (χ0v) is 16.7. The van der Waals surface area contributed by atoms with Crippen LogP contribution in [-0.4, -0.2) is 23.2 Å². The van der Waals surface area contributed by atoms with Crippen LogP contribution in [0.2, 0.25) is 0 Å². The fourth-order valence-corrected chi connectivity index (χ4v) is 3.51. The first kappa shape index (κ1) is 20.1. The van der Waals surface area contributed by atoms with Crippen LogP contribution in [0.25, 0.3) is 11.5 Å². The number of nitrogens with zero attached hydrogens (tertiary/aromatic N) is 1. The van der Waals surface area contributed by atoms with E-state index in [1.807, 2.05) is 31.2 Å². The number of nitrogens with one attached hydrogen (secondary N) is 1.